The minimum absolute atomic E-state index is 0.160. The van der Waals surface area contributed by atoms with Gasteiger partial charge in [0.1, 0.15) is 42.3 Å². The molecule has 8 nitrogen and oxygen atoms in total. The summed E-state index contributed by atoms with van der Waals surface area (Å²) in [6.45, 7) is 0.439. The number of hydrogen-bond donors (Lipinski definition) is 1. The van der Waals surface area contributed by atoms with Crippen molar-refractivity contribution in [2.75, 3.05) is 11.4 Å². The molecule has 2 heterocycles. The molecule has 38 heavy (non-hydrogen) atoms. The Balaban J connectivity index is 1.32. The summed E-state index contributed by atoms with van der Waals surface area (Å²) >= 11 is 0. The van der Waals surface area contributed by atoms with Gasteiger partial charge in [-0.25, -0.2) is 23.3 Å². The number of nitrogens with one attached hydrogen (secondary N) is 1. The maximum atomic E-state index is 13.6. The molecular formula is C28H25F2N5O3. The van der Waals surface area contributed by atoms with Crippen molar-refractivity contribution in [3.8, 4) is 11.5 Å². The Morgan fingerprint density at radius 2 is 1.58 bits per heavy atom. The third kappa shape index (κ3) is 6.09. The highest BCUT2D eigenvalue weighted by atomic mass is 19.1. The van der Waals surface area contributed by atoms with E-state index in [9.17, 15) is 18.4 Å². The number of hydrogen-bond acceptors (Lipinski definition) is 6. The lowest BCUT2D eigenvalue weighted by Gasteiger charge is -2.24. The molecule has 0 unspecified atom stereocenters. The van der Waals surface area contributed by atoms with Crippen LogP contribution in [0.2, 0.25) is 0 Å². The maximum absolute atomic E-state index is 13.6. The molecule has 0 saturated carbocycles. The molecule has 0 spiro atoms. The highest BCUT2D eigenvalue weighted by molar-refractivity contribution is 6.16. The van der Waals surface area contributed by atoms with Crippen molar-refractivity contribution < 1.29 is 23.1 Å². The van der Waals surface area contributed by atoms with Crippen LogP contribution < -0.4 is 15.0 Å². The van der Waals surface area contributed by atoms with Gasteiger partial charge in [-0.1, -0.05) is 12.1 Å². The molecule has 5 rings (SSSR count). The minimum Gasteiger partial charge on any atom is -0.457 e. The lowest BCUT2D eigenvalue weighted by Crippen LogP contribution is -2.48. The zero-order valence-electron chi connectivity index (χ0n) is 20.3. The fourth-order valence-electron chi connectivity index (χ4n) is 4.48. The number of benzene rings is 3. The van der Waals surface area contributed by atoms with Crippen LogP contribution in [0.1, 0.15) is 12.0 Å². The molecule has 0 radical (unpaired) electrons. The Kier molecular flexibility index (Phi) is 7.50. The molecule has 2 amide bonds. The van der Waals surface area contributed by atoms with Crippen LogP contribution in [-0.4, -0.2) is 39.2 Å². The lowest BCUT2D eigenvalue weighted by molar-refractivity contribution is -0.128. The topological polar surface area (TPSA) is 89.4 Å². The number of nitrogens with zero attached hydrogens (tertiary/aromatic N) is 4. The van der Waals surface area contributed by atoms with Gasteiger partial charge in [-0.05, 0) is 91.5 Å². The predicted molar refractivity (Wildman–Crippen MR) is 135 cm³/mol. The van der Waals surface area contributed by atoms with Gasteiger partial charge in [0.2, 0.25) is 0 Å². The second kappa shape index (κ2) is 11.3. The first-order valence-corrected chi connectivity index (χ1v) is 12.1. The molecular weight excluding hydrogens is 492 g/mol. The summed E-state index contributed by atoms with van der Waals surface area (Å²) in [4.78, 5) is 32.0. The molecule has 194 valence electrons. The van der Waals surface area contributed by atoms with Crippen molar-refractivity contribution in [2.24, 2.45) is 5.92 Å². The summed E-state index contributed by atoms with van der Waals surface area (Å²) in [7, 11) is 0. The Labute approximate surface area is 217 Å². The molecule has 1 aromatic heterocycles. The molecule has 1 aliphatic rings. The molecule has 2 atom stereocenters. The van der Waals surface area contributed by atoms with Gasteiger partial charge in [-0.3, -0.25) is 9.59 Å². The number of anilines is 1. The summed E-state index contributed by atoms with van der Waals surface area (Å²) in [6.07, 6.45) is 3.96. The van der Waals surface area contributed by atoms with E-state index in [0.29, 0.717) is 36.6 Å². The standard InChI is InChI=1S/C28H25F2N5O3/c29-21-3-1-19(2-4-21)13-20-14-26(32-15-20)28(37)35(27(36)16-34-18-31-17-33-34)23-7-11-25(12-8-23)38-24-9-5-22(30)6-10-24/h1-12,17-18,20,26,32H,13-16H2/t20-,26+/m1/s1. The van der Waals surface area contributed by atoms with Gasteiger partial charge >= 0.3 is 0 Å². The fourth-order valence-corrected chi connectivity index (χ4v) is 4.48. The van der Waals surface area contributed by atoms with Gasteiger partial charge < -0.3 is 10.1 Å². The second-order valence-corrected chi connectivity index (χ2v) is 9.10. The molecule has 1 fully saturated rings. The van der Waals surface area contributed by atoms with E-state index in [1.54, 1.807) is 36.4 Å². The number of ether oxygens (including phenoxy) is 1. The van der Waals surface area contributed by atoms with E-state index < -0.39 is 11.9 Å². The van der Waals surface area contributed by atoms with Gasteiger partial charge in [0.15, 0.2) is 0 Å². The van der Waals surface area contributed by atoms with Gasteiger partial charge in [-0.2, -0.15) is 5.10 Å². The third-order valence-corrected chi connectivity index (χ3v) is 6.34. The first kappa shape index (κ1) is 25.2. The van der Waals surface area contributed by atoms with Crippen molar-refractivity contribution in [3.63, 3.8) is 0 Å². The normalized spacial score (nSPS) is 16.8. The molecule has 1 N–H and O–H groups in total. The zero-order chi connectivity index (χ0) is 26.5. The Bertz CT molecular complexity index is 1380. The van der Waals surface area contributed by atoms with Crippen LogP contribution in [0.15, 0.2) is 85.5 Å². The summed E-state index contributed by atoms with van der Waals surface area (Å²) in [6, 6.07) is 17.9. The van der Waals surface area contributed by atoms with Gasteiger partial charge in [-0.15, -0.1) is 0 Å². The third-order valence-electron chi connectivity index (χ3n) is 6.34. The summed E-state index contributed by atoms with van der Waals surface area (Å²) in [5.74, 6) is -0.407. The van der Waals surface area contributed by atoms with Crippen LogP contribution in [0, 0.1) is 17.6 Å². The first-order valence-electron chi connectivity index (χ1n) is 12.1. The van der Waals surface area contributed by atoms with Crippen LogP contribution in [-0.2, 0) is 22.6 Å². The molecule has 1 aliphatic heterocycles. The summed E-state index contributed by atoms with van der Waals surface area (Å²) in [5.41, 5.74) is 1.37. The van der Waals surface area contributed by atoms with Crippen molar-refractivity contribution in [3.05, 3.63) is 103 Å². The summed E-state index contributed by atoms with van der Waals surface area (Å²) < 4.78 is 33.5. The zero-order valence-corrected chi connectivity index (χ0v) is 20.3. The van der Waals surface area contributed by atoms with E-state index in [0.717, 1.165) is 10.5 Å². The van der Waals surface area contributed by atoms with Crippen LogP contribution in [0.5, 0.6) is 11.5 Å². The molecule has 0 bridgehead atoms. The second-order valence-electron chi connectivity index (χ2n) is 9.10. The van der Waals surface area contributed by atoms with Crippen LogP contribution >= 0.6 is 0 Å². The SMILES string of the molecule is O=C(Cn1cncn1)N(C(=O)[C@@H]1C[C@@H](Cc2ccc(F)cc2)CN1)c1ccc(Oc2ccc(F)cc2)cc1. The van der Waals surface area contributed by atoms with Crippen molar-refractivity contribution in [1.29, 1.82) is 0 Å². The van der Waals surface area contributed by atoms with Crippen LogP contribution in [0.3, 0.4) is 0 Å². The molecule has 10 heteroatoms. The Morgan fingerprint density at radius 1 is 0.947 bits per heavy atom. The molecule has 3 aromatic carbocycles. The van der Waals surface area contributed by atoms with E-state index in [1.807, 2.05) is 0 Å². The van der Waals surface area contributed by atoms with Crippen molar-refractivity contribution >= 4 is 17.5 Å². The number of amides is 2. The average molecular weight is 518 g/mol. The van der Waals surface area contributed by atoms with E-state index in [4.69, 9.17) is 4.74 Å². The fraction of sp³-hybridized carbons (Fsp3) is 0.214. The van der Waals surface area contributed by atoms with E-state index in [1.165, 1.54) is 53.7 Å². The van der Waals surface area contributed by atoms with Crippen LogP contribution in [0.25, 0.3) is 0 Å². The quantitative estimate of drug-likeness (QED) is 0.378. The van der Waals surface area contributed by atoms with Gasteiger partial charge in [0, 0.05) is 0 Å². The largest absolute Gasteiger partial charge is 0.457 e. The Hall–Kier alpha value is -4.44. The van der Waals surface area contributed by atoms with Gasteiger partial charge in [0.25, 0.3) is 11.8 Å². The number of rotatable bonds is 8. The smallest absolute Gasteiger partial charge is 0.255 e. The predicted octanol–water partition coefficient (Wildman–Crippen LogP) is 4.13. The monoisotopic (exact) mass is 517 g/mol. The maximum Gasteiger partial charge on any atom is 0.255 e. The van der Waals surface area contributed by atoms with E-state index in [2.05, 4.69) is 15.4 Å². The van der Waals surface area contributed by atoms with E-state index in [-0.39, 0.29) is 30.0 Å². The molecule has 0 aliphatic carbocycles. The van der Waals surface area contributed by atoms with Gasteiger partial charge in [0.05, 0.1) is 11.7 Å². The lowest BCUT2D eigenvalue weighted by atomic mass is 9.96. The minimum atomic E-state index is -0.560. The first-order chi connectivity index (χ1) is 18.4. The summed E-state index contributed by atoms with van der Waals surface area (Å²) in [5, 5.41) is 7.22. The van der Waals surface area contributed by atoms with Crippen molar-refractivity contribution in [1.82, 2.24) is 20.1 Å². The number of aromatic nitrogens is 3. The average Bonchev–Trinajstić information content (AvgIpc) is 3.60. The highest BCUT2D eigenvalue weighted by Gasteiger charge is 2.35. The number of halogens is 2. The Morgan fingerprint density at radius 3 is 2.21 bits per heavy atom. The van der Waals surface area contributed by atoms with E-state index >= 15 is 0 Å². The number of carbonyl (C=O) groups is 2. The van der Waals surface area contributed by atoms with Crippen LogP contribution in [0.4, 0.5) is 14.5 Å². The molecule has 4 aromatic rings. The number of carbonyl (C=O) groups excluding carboxylic acids is 2. The number of imide groups is 1. The van der Waals surface area contributed by atoms with Crippen molar-refractivity contribution in [2.45, 2.75) is 25.4 Å². The molecule has 1 saturated heterocycles. The highest BCUT2D eigenvalue weighted by Crippen LogP contribution is 2.27.